The van der Waals surface area contributed by atoms with Crippen LogP contribution in [0.2, 0.25) is 0 Å². The minimum absolute atomic E-state index is 0.110. The Labute approximate surface area is 160 Å². The molecule has 1 N–H and O–H groups in total. The Bertz CT molecular complexity index is 904. The molecule has 0 fully saturated rings. The number of nitrogens with one attached hydrogen (secondary N) is 1. The zero-order chi connectivity index (χ0) is 18.9. The lowest BCUT2D eigenvalue weighted by atomic mass is 10.2. The van der Waals surface area contributed by atoms with Crippen LogP contribution in [0.15, 0.2) is 53.9 Å². The van der Waals surface area contributed by atoms with Crippen molar-refractivity contribution >= 4 is 17.2 Å². The summed E-state index contributed by atoms with van der Waals surface area (Å²) in [5.74, 6) is 0.668. The van der Waals surface area contributed by atoms with Crippen molar-refractivity contribution in [1.82, 2.24) is 15.5 Å². The van der Waals surface area contributed by atoms with Crippen molar-refractivity contribution in [3.63, 3.8) is 0 Å². The second-order valence-electron chi connectivity index (χ2n) is 5.36. The first-order chi connectivity index (χ1) is 13.2. The van der Waals surface area contributed by atoms with Crippen LogP contribution in [0.25, 0.3) is 10.6 Å². The van der Waals surface area contributed by atoms with Gasteiger partial charge in [0.1, 0.15) is 18.1 Å². The summed E-state index contributed by atoms with van der Waals surface area (Å²) in [5, 5.41) is 21.5. The number of benzene rings is 1. The highest BCUT2D eigenvalue weighted by Crippen LogP contribution is 2.22. The van der Waals surface area contributed by atoms with E-state index in [-0.39, 0.29) is 19.1 Å². The summed E-state index contributed by atoms with van der Waals surface area (Å²) in [6.07, 6.45) is 0. The quantitative estimate of drug-likeness (QED) is 0.604. The molecule has 2 heterocycles. The monoisotopic (exact) mass is 380 g/mol. The number of hydrogen-bond acceptors (Lipinski definition) is 7. The Morgan fingerprint density at radius 1 is 1.11 bits per heavy atom. The van der Waals surface area contributed by atoms with Gasteiger partial charge < -0.3 is 14.8 Å². The summed E-state index contributed by atoms with van der Waals surface area (Å²) in [6, 6.07) is 16.1. The van der Waals surface area contributed by atoms with E-state index in [1.165, 1.54) is 0 Å². The zero-order valence-electron chi connectivity index (χ0n) is 14.3. The van der Waals surface area contributed by atoms with Gasteiger partial charge in [-0.2, -0.15) is 5.26 Å². The number of carbonyl (C=O) groups excluding carboxylic acids is 1. The first-order valence-corrected chi connectivity index (χ1v) is 9.02. The third kappa shape index (κ3) is 5.52. The maximum absolute atomic E-state index is 11.8. The van der Waals surface area contributed by atoms with Gasteiger partial charge in [0.2, 0.25) is 5.88 Å². The maximum Gasteiger partial charge on any atom is 0.258 e. The molecular formula is C19H16N4O3S. The third-order valence-electron chi connectivity index (χ3n) is 3.44. The minimum atomic E-state index is -0.262. The van der Waals surface area contributed by atoms with E-state index in [2.05, 4.69) is 15.5 Å². The van der Waals surface area contributed by atoms with Crippen LogP contribution >= 0.6 is 11.3 Å². The van der Waals surface area contributed by atoms with Gasteiger partial charge in [-0.1, -0.05) is 6.07 Å². The Kier molecular flexibility index (Phi) is 6.33. The lowest BCUT2D eigenvalue weighted by Crippen LogP contribution is -2.32. The fourth-order valence-electron chi connectivity index (χ4n) is 2.12. The fraction of sp³-hybridized carbons (Fsp3) is 0.158. The van der Waals surface area contributed by atoms with Gasteiger partial charge in [-0.15, -0.1) is 21.5 Å². The van der Waals surface area contributed by atoms with Gasteiger partial charge in [-0.25, -0.2) is 0 Å². The predicted molar refractivity (Wildman–Crippen MR) is 101 cm³/mol. The summed E-state index contributed by atoms with van der Waals surface area (Å²) in [4.78, 5) is 12.8. The molecule has 3 aromatic rings. The number of ether oxygens (including phenoxy) is 2. The van der Waals surface area contributed by atoms with E-state index in [1.54, 1.807) is 41.7 Å². The number of nitrogens with zero attached hydrogens (tertiary/aromatic N) is 3. The number of rotatable bonds is 8. The van der Waals surface area contributed by atoms with E-state index in [9.17, 15) is 4.79 Å². The second-order valence-corrected chi connectivity index (χ2v) is 6.31. The van der Waals surface area contributed by atoms with Gasteiger partial charge >= 0.3 is 0 Å². The third-order valence-corrected chi connectivity index (χ3v) is 4.33. The Hall–Kier alpha value is -3.44. The van der Waals surface area contributed by atoms with Gasteiger partial charge in [0, 0.05) is 6.07 Å². The van der Waals surface area contributed by atoms with Gasteiger partial charge in [-0.3, -0.25) is 4.79 Å². The van der Waals surface area contributed by atoms with Crippen molar-refractivity contribution in [2.75, 3.05) is 19.8 Å². The first-order valence-electron chi connectivity index (χ1n) is 8.14. The van der Waals surface area contributed by atoms with Gasteiger partial charge in [0.05, 0.1) is 23.1 Å². The largest absolute Gasteiger partial charge is 0.484 e. The molecule has 136 valence electrons. The van der Waals surface area contributed by atoms with Crippen molar-refractivity contribution < 1.29 is 14.3 Å². The molecule has 0 radical (unpaired) electrons. The molecule has 0 aliphatic carbocycles. The van der Waals surface area contributed by atoms with Crippen molar-refractivity contribution in [3.8, 4) is 28.3 Å². The highest BCUT2D eigenvalue weighted by atomic mass is 32.1. The Balaban J connectivity index is 1.34. The average Bonchev–Trinajstić information content (AvgIpc) is 3.25. The molecule has 0 saturated heterocycles. The molecule has 0 saturated carbocycles. The summed E-state index contributed by atoms with van der Waals surface area (Å²) < 4.78 is 10.8. The molecule has 2 aromatic heterocycles. The van der Waals surface area contributed by atoms with Crippen LogP contribution in [0.3, 0.4) is 0 Å². The lowest BCUT2D eigenvalue weighted by molar-refractivity contribution is -0.123. The normalized spacial score (nSPS) is 10.0. The molecule has 7 nitrogen and oxygen atoms in total. The molecule has 1 amide bonds. The molecule has 0 unspecified atom stereocenters. The van der Waals surface area contributed by atoms with Crippen molar-refractivity contribution in [2.24, 2.45) is 0 Å². The highest BCUT2D eigenvalue weighted by molar-refractivity contribution is 7.13. The van der Waals surface area contributed by atoms with Crippen LogP contribution in [-0.2, 0) is 4.79 Å². The Morgan fingerprint density at radius 3 is 2.63 bits per heavy atom. The van der Waals surface area contributed by atoms with E-state index >= 15 is 0 Å². The van der Waals surface area contributed by atoms with Crippen LogP contribution < -0.4 is 14.8 Å². The van der Waals surface area contributed by atoms with Crippen LogP contribution in [-0.4, -0.2) is 35.9 Å². The fourth-order valence-corrected chi connectivity index (χ4v) is 2.81. The van der Waals surface area contributed by atoms with E-state index in [4.69, 9.17) is 14.7 Å². The standard InChI is InChI=1S/C19H16N4O3S/c20-12-14-3-5-15(6-4-14)26-13-18(24)21-9-10-25-19-8-7-16(22-23-19)17-2-1-11-27-17/h1-8,11H,9-10,13H2,(H,21,24). The molecule has 0 aliphatic heterocycles. The number of amides is 1. The molecule has 8 heteroatoms. The maximum atomic E-state index is 11.8. The molecule has 27 heavy (non-hydrogen) atoms. The van der Waals surface area contributed by atoms with Crippen LogP contribution in [0, 0.1) is 11.3 Å². The van der Waals surface area contributed by atoms with Crippen molar-refractivity contribution in [2.45, 2.75) is 0 Å². The number of nitriles is 1. The van der Waals surface area contributed by atoms with Crippen LogP contribution in [0.5, 0.6) is 11.6 Å². The molecule has 0 bridgehead atoms. The number of thiophene rings is 1. The van der Waals surface area contributed by atoms with Crippen molar-refractivity contribution in [3.05, 3.63) is 59.5 Å². The lowest BCUT2D eigenvalue weighted by Gasteiger charge is -2.08. The van der Waals surface area contributed by atoms with Crippen LogP contribution in [0.1, 0.15) is 5.56 Å². The molecule has 3 rings (SSSR count). The second kappa shape index (κ2) is 9.31. The Morgan fingerprint density at radius 2 is 1.96 bits per heavy atom. The number of carbonyl (C=O) groups is 1. The summed E-state index contributed by atoms with van der Waals surface area (Å²) in [5.41, 5.74) is 1.33. The molecular weight excluding hydrogens is 364 g/mol. The SMILES string of the molecule is N#Cc1ccc(OCC(=O)NCCOc2ccc(-c3cccs3)nn2)cc1. The van der Waals surface area contributed by atoms with Crippen LogP contribution in [0.4, 0.5) is 0 Å². The van der Waals surface area contributed by atoms with E-state index in [0.29, 0.717) is 23.7 Å². The van der Waals surface area contributed by atoms with Gasteiger partial charge in [0.15, 0.2) is 6.61 Å². The molecule has 0 aliphatic rings. The smallest absolute Gasteiger partial charge is 0.258 e. The van der Waals surface area contributed by atoms with Gasteiger partial charge in [-0.05, 0) is 41.8 Å². The predicted octanol–water partition coefficient (Wildman–Crippen LogP) is 2.65. The van der Waals surface area contributed by atoms with Crippen molar-refractivity contribution in [1.29, 1.82) is 5.26 Å². The molecule has 1 aromatic carbocycles. The van der Waals surface area contributed by atoms with E-state index < -0.39 is 0 Å². The topological polar surface area (TPSA) is 97.1 Å². The summed E-state index contributed by atoms with van der Waals surface area (Å²) in [6.45, 7) is 0.487. The summed E-state index contributed by atoms with van der Waals surface area (Å²) >= 11 is 1.59. The van der Waals surface area contributed by atoms with Gasteiger partial charge in [0.25, 0.3) is 5.91 Å². The first kappa shape index (κ1) is 18.4. The van der Waals surface area contributed by atoms with E-state index in [0.717, 1.165) is 10.6 Å². The highest BCUT2D eigenvalue weighted by Gasteiger charge is 2.05. The summed E-state index contributed by atoms with van der Waals surface area (Å²) in [7, 11) is 0. The number of hydrogen-bond donors (Lipinski definition) is 1. The minimum Gasteiger partial charge on any atom is -0.484 e. The zero-order valence-corrected chi connectivity index (χ0v) is 15.1. The average molecular weight is 380 g/mol. The number of aromatic nitrogens is 2. The molecule has 0 spiro atoms. The van der Waals surface area contributed by atoms with E-state index in [1.807, 2.05) is 29.6 Å². The molecule has 0 atom stereocenters.